The van der Waals surface area contributed by atoms with Gasteiger partial charge in [0, 0.05) is 12.0 Å². The summed E-state index contributed by atoms with van der Waals surface area (Å²) in [4.78, 5) is 0. The quantitative estimate of drug-likeness (QED) is 0.911. The van der Waals surface area contributed by atoms with E-state index in [9.17, 15) is 0 Å². The summed E-state index contributed by atoms with van der Waals surface area (Å²) in [6, 6.07) is 2.18. The molecule has 1 saturated carbocycles. The van der Waals surface area contributed by atoms with Crippen molar-refractivity contribution >= 4 is 15.9 Å². The molecule has 0 amide bonds. The largest absolute Gasteiger partial charge is 0.453 e. The number of rotatable bonds is 2. The van der Waals surface area contributed by atoms with Crippen molar-refractivity contribution in [3.8, 4) is 11.5 Å². The summed E-state index contributed by atoms with van der Waals surface area (Å²) < 4.78 is 12.1. The van der Waals surface area contributed by atoms with Gasteiger partial charge in [-0.25, -0.2) is 0 Å². The van der Waals surface area contributed by atoms with Gasteiger partial charge in [0.1, 0.15) is 0 Å². The monoisotopic (exact) mass is 311 g/mol. The number of ether oxygens (including phenoxy) is 2. The molecule has 2 N–H and O–H groups in total. The van der Waals surface area contributed by atoms with Crippen LogP contribution in [0.3, 0.4) is 0 Å². The summed E-state index contributed by atoms with van der Waals surface area (Å²) in [6.45, 7) is 3.14. The van der Waals surface area contributed by atoms with E-state index in [0.29, 0.717) is 13.3 Å². The van der Waals surface area contributed by atoms with Gasteiger partial charge in [-0.3, -0.25) is 0 Å². The lowest BCUT2D eigenvalue weighted by Gasteiger charge is -2.30. The second kappa shape index (κ2) is 4.42. The molecule has 0 unspecified atom stereocenters. The number of hydrogen-bond acceptors (Lipinski definition) is 3. The Morgan fingerprint density at radius 2 is 1.94 bits per heavy atom. The fourth-order valence-electron chi connectivity index (χ4n) is 3.34. The van der Waals surface area contributed by atoms with Gasteiger partial charge in [-0.15, -0.1) is 0 Å². The van der Waals surface area contributed by atoms with Crippen molar-refractivity contribution in [3.63, 3.8) is 0 Å². The average Bonchev–Trinajstić information content (AvgIpc) is 3.02. The van der Waals surface area contributed by atoms with Gasteiger partial charge in [0.05, 0.1) is 4.47 Å². The highest BCUT2D eigenvalue weighted by Gasteiger charge is 2.37. The number of hydrogen-bond donors (Lipinski definition) is 1. The van der Waals surface area contributed by atoms with Crippen LogP contribution in [-0.4, -0.2) is 13.3 Å². The third kappa shape index (κ3) is 1.66. The van der Waals surface area contributed by atoms with E-state index in [0.717, 1.165) is 16.0 Å². The van der Waals surface area contributed by atoms with E-state index in [1.807, 2.05) is 0 Å². The molecule has 1 aromatic rings. The third-order valence-corrected chi connectivity index (χ3v) is 4.96. The minimum Gasteiger partial charge on any atom is -0.453 e. The topological polar surface area (TPSA) is 44.5 Å². The normalized spacial score (nSPS) is 20.4. The van der Waals surface area contributed by atoms with Gasteiger partial charge < -0.3 is 15.2 Å². The molecule has 3 rings (SSSR count). The maximum Gasteiger partial charge on any atom is 0.231 e. The van der Waals surface area contributed by atoms with Crippen LogP contribution in [0.15, 0.2) is 10.5 Å². The molecule has 0 aromatic heterocycles. The molecule has 4 heteroatoms. The second-order valence-electron chi connectivity index (χ2n) is 5.29. The molecule has 0 saturated heterocycles. The van der Waals surface area contributed by atoms with Crippen molar-refractivity contribution in [3.05, 3.63) is 21.7 Å². The zero-order valence-corrected chi connectivity index (χ0v) is 12.2. The van der Waals surface area contributed by atoms with Crippen molar-refractivity contribution < 1.29 is 9.47 Å². The van der Waals surface area contributed by atoms with Crippen molar-refractivity contribution in [1.82, 2.24) is 0 Å². The predicted octanol–water partition coefficient (Wildman–Crippen LogP) is 3.26. The third-order valence-electron chi connectivity index (χ3n) is 4.37. The van der Waals surface area contributed by atoms with Crippen LogP contribution in [0.2, 0.25) is 0 Å². The van der Waals surface area contributed by atoms with Crippen molar-refractivity contribution in [2.75, 3.05) is 13.3 Å². The smallest absolute Gasteiger partial charge is 0.231 e. The standard InChI is InChI=1S/C14H18BrNO2/c1-9-10(14(7-16)4-2-3-5-14)6-11(15)13-12(9)17-8-18-13/h6H,2-5,7-8,16H2,1H3. The summed E-state index contributed by atoms with van der Waals surface area (Å²) in [6.07, 6.45) is 4.89. The number of fused-ring (bicyclic) bond motifs is 1. The second-order valence-corrected chi connectivity index (χ2v) is 6.14. The molecule has 1 heterocycles. The Morgan fingerprint density at radius 3 is 2.61 bits per heavy atom. The molecule has 1 aromatic carbocycles. The van der Waals surface area contributed by atoms with Gasteiger partial charge in [-0.1, -0.05) is 12.8 Å². The van der Waals surface area contributed by atoms with Gasteiger partial charge >= 0.3 is 0 Å². The highest BCUT2D eigenvalue weighted by Crippen LogP contribution is 2.49. The van der Waals surface area contributed by atoms with Crippen LogP contribution in [0, 0.1) is 6.92 Å². The van der Waals surface area contributed by atoms with Crippen LogP contribution in [0.25, 0.3) is 0 Å². The molecule has 1 fully saturated rings. The molecule has 18 heavy (non-hydrogen) atoms. The number of benzene rings is 1. The Bertz CT molecular complexity index is 481. The van der Waals surface area contributed by atoms with Crippen molar-refractivity contribution in [2.45, 2.75) is 38.0 Å². The minimum atomic E-state index is 0.133. The SMILES string of the molecule is Cc1c(C2(CN)CCCC2)cc(Br)c2c1OCO2. The summed E-state index contributed by atoms with van der Waals surface area (Å²) in [5.74, 6) is 1.72. The molecule has 98 valence electrons. The Labute approximate surface area is 116 Å². The summed E-state index contributed by atoms with van der Waals surface area (Å²) in [7, 11) is 0. The van der Waals surface area contributed by atoms with Gasteiger partial charge in [0.15, 0.2) is 11.5 Å². The summed E-state index contributed by atoms with van der Waals surface area (Å²) in [5, 5.41) is 0. The van der Waals surface area contributed by atoms with Crippen molar-refractivity contribution in [1.29, 1.82) is 0 Å². The Morgan fingerprint density at radius 1 is 1.28 bits per heavy atom. The van der Waals surface area contributed by atoms with E-state index < -0.39 is 0 Å². The van der Waals surface area contributed by atoms with E-state index in [-0.39, 0.29) is 5.41 Å². The number of halogens is 1. The molecule has 3 nitrogen and oxygen atoms in total. The first-order valence-electron chi connectivity index (χ1n) is 6.47. The van der Waals surface area contributed by atoms with Crippen LogP contribution < -0.4 is 15.2 Å². The van der Waals surface area contributed by atoms with Gasteiger partial charge in [0.2, 0.25) is 6.79 Å². The van der Waals surface area contributed by atoms with E-state index in [1.54, 1.807) is 0 Å². The molecule has 2 aliphatic rings. The highest BCUT2D eigenvalue weighted by atomic mass is 79.9. The lowest BCUT2D eigenvalue weighted by atomic mass is 9.76. The van der Waals surface area contributed by atoms with Crippen LogP contribution in [0.1, 0.15) is 36.8 Å². The molecule has 0 atom stereocenters. The first-order chi connectivity index (χ1) is 8.68. The molecule has 0 bridgehead atoms. The maximum atomic E-state index is 6.08. The molecular weight excluding hydrogens is 294 g/mol. The van der Waals surface area contributed by atoms with Gasteiger partial charge in [-0.2, -0.15) is 0 Å². The van der Waals surface area contributed by atoms with E-state index in [4.69, 9.17) is 15.2 Å². The number of nitrogens with two attached hydrogens (primary N) is 1. The molecule has 0 radical (unpaired) electrons. The van der Waals surface area contributed by atoms with E-state index >= 15 is 0 Å². The predicted molar refractivity (Wildman–Crippen MR) is 74.2 cm³/mol. The fourth-order valence-corrected chi connectivity index (χ4v) is 3.87. The zero-order valence-electron chi connectivity index (χ0n) is 10.6. The fraction of sp³-hybridized carbons (Fsp3) is 0.571. The minimum absolute atomic E-state index is 0.133. The van der Waals surface area contributed by atoms with Gasteiger partial charge in [-0.05, 0) is 52.9 Å². The van der Waals surface area contributed by atoms with Crippen molar-refractivity contribution in [2.24, 2.45) is 5.73 Å². The Balaban J connectivity index is 2.15. The van der Waals surface area contributed by atoms with Crippen LogP contribution in [-0.2, 0) is 5.41 Å². The Kier molecular flexibility index (Phi) is 3.02. The highest BCUT2D eigenvalue weighted by molar-refractivity contribution is 9.10. The molecule has 1 aliphatic carbocycles. The van der Waals surface area contributed by atoms with Crippen LogP contribution in [0.4, 0.5) is 0 Å². The molecule has 0 spiro atoms. The van der Waals surface area contributed by atoms with Crippen LogP contribution >= 0.6 is 15.9 Å². The Hall–Kier alpha value is -0.740. The average molecular weight is 312 g/mol. The maximum absolute atomic E-state index is 6.08. The molecule has 1 aliphatic heterocycles. The van der Waals surface area contributed by atoms with E-state index in [1.165, 1.54) is 36.8 Å². The molecular formula is C14H18BrNO2. The lowest BCUT2D eigenvalue weighted by Crippen LogP contribution is -2.32. The van der Waals surface area contributed by atoms with E-state index in [2.05, 4.69) is 28.9 Å². The van der Waals surface area contributed by atoms with Crippen LogP contribution in [0.5, 0.6) is 11.5 Å². The first-order valence-corrected chi connectivity index (χ1v) is 7.26. The van der Waals surface area contributed by atoms with Gasteiger partial charge in [0.25, 0.3) is 0 Å². The summed E-state index contributed by atoms with van der Waals surface area (Å²) in [5.41, 5.74) is 8.73. The zero-order chi connectivity index (χ0) is 12.8. The lowest BCUT2D eigenvalue weighted by molar-refractivity contribution is 0.173. The summed E-state index contributed by atoms with van der Waals surface area (Å²) >= 11 is 3.59. The first kappa shape index (κ1) is 12.3.